The Bertz CT molecular complexity index is 575. The Morgan fingerprint density at radius 2 is 1.95 bits per heavy atom. The largest absolute Gasteiger partial charge is 0.466 e. The molecular formula is C17H21NO2. The van der Waals surface area contributed by atoms with Gasteiger partial charge in [0.25, 0.3) is 0 Å². The van der Waals surface area contributed by atoms with E-state index in [4.69, 9.17) is 4.74 Å². The average molecular weight is 271 g/mol. The summed E-state index contributed by atoms with van der Waals surface area (Å²) in [5, 5.41) is 5.88. The van der Waals surface area contributed by atoms with Crippen molar-refractivity contribution in [2.75, 3.05) is 6.61 Å². The molecule has 1 N–H and O–H groups in total. The van der Waals surface area contributed by atoms with E-state index in [0.29, 0.717) is 13.0 Å². The molecule has 3 nitrogen and oxygen atoms in total. The number of carbonyl (C=O) groups is 1. The molecule has 0 aliphatic rings. The first kappa shape index (κ1) is 14.5. The predicted molar refractivity (Wildman–Crippen MR) is 81.5 cm³/mol. The predicted octanol–water partition coefficient (Wildman–Crippen LogP) is 3.27. The highest BCUT2D eigenvalue weighted by Gasteiger charge is 2.09. The second-order valence-electron chi connectivity index (χ2n) is 4.93. The third-order valence-electron chi connectivity index (χ3n) is 3.30. The highest BCUT2D eigenvalue weighted by molar-refractivity contribution is 5.85. The second kappa shape index (κ2) is 7.06. The van der Waals surface area contributed by atoms with Crippen LogP contribution in [0.3, 0.4) is 0 Å². The van der Waals surface area contributed by atoms with Gasteiger partial charge in [0.15, 0.2) is 0 Å². The number of benzene rings is 2. The van der Waals surface area contributed by atoms with Gasteiger partial charge < -0.3 is 10.1 Å². The molecule has 0 bridgehead atoms. The van der Waals surface area contributed by atoms with Gasteiger partial charge in [-0.2, -0.15) is 0 Å². The van der Waals surface area contributed by atoms with Crippen LogP contribution in [0, 0.1) is 0 Å². The molecule has 0 aliphatic carbocycles. The van der Waals surface area contributed by atoms with Crippen molar-refractivity contribution in [2.24, 2.45) is 0 Å². The van der Waals surface area contributed by atoms with Crippen LogP contribution in [0.4, 0.5) is 0 Å². The molecule has 1 atom stereocenters. The molecule has 20 heavy (non-hydrogen) atoms. The summed E-state index contributed by atoms with van der Waals surface area (Å²) >= 11 is 0. The Labute approximate surface area is 119 Å². The van der Waals surface area contributed by atoms with Gasteiger partial charge in [0.05, 0.1) is 13.0 Å². The molecular weight excluding hydrogens is 250 g/mol. The van der Waals surface area contributed by atoms with Gasteiger partial charge in [0.1, 0.15) is 0 Å². The van der Waals surface area contributed by atoms with Gasteiger partial charge in [-0.1, -0.05) is 42.5 Å². The molecule has 3 heteroatoms. The minimum atomic E-state index is -0.148. The van der Waals surface area contributed by atoms with E-state index in [1.54, 1.807) is 0 Å². The number of esters is 1. The van der Waals surface area contributed by atoms with E-state index in [2.05, 4.69) is 35.6 Å². The highest BCUT2D eigenvalue weighted by Crippen LogP contribution is 2.18. The topological polar surface area (TPSA) is 38.3 Å². The summed E-state index contributed by atoms with van der Waals surface area (Å²) in [5.74, 6) is -0.148. The quantitative estimate of drug-likeness (QED) is 0.819. The second-order valence-corrected chi connectivity index (χ2v) is 4.93. The first-order valence-corrected chi connectivity index (χ1v) is 7.06. The molecule has 0 amide bonds. The van der Waals surface area contributed by atoms with E-state index in [1.807, 2.05) is 26.0 Å². The van der Waals surface area contributed by atoms with Crippen LogP contribution in [-0.4, -0.2) is 18.6 Å². The minimum Gasteiger partial charge on any atom is -0.466 e. The van der Waals surface area contributed by atoms with Crippen molar-refractivity contribution < 1.29 is 9.53 Å². The molecule has 0 spiro atoms. The first-order valence-electron chi connectivity index (χ1n) is 7.06. The van der Waals surface area contributed by atoms with E-state index >= 15 is 0 Å². The minimum absolute atomic E-state index is 0.105. The van der Waals surface area contributed by atoms with Crippen molar-refractivity contribution in [3.8, 4) is 0 Å². The molecule has 2 aromatic rings. The highest BCUT2D eigenvalue weighted by atomic mass is 16.5. The summed E-state index contributed by atoms with van der Waals surface area (Å²) in [7, 11) is 0. The van der Waals surface area contributed by atoms with Crippen LogP contribution in [0.2, 0.25) is 0 Å². The van der Waals surface area contributed by atoms with Crippen LogP contribution in [0.25, 0.3) is 10.8 Å². The number of hydrogen-bond acceptors (Lipinski definition) is 3. The maximum absolute atomic E-state index is 11.4. The van der Waals surface area contributed by atoms with Crippen molar-refractivity contribution in [1.82, 2.24) is 5.32 Å². The monoisotopic (exact) mass is 271 g/mol. The van der Waals surface area contributed by atoms with Gasteiger partial charge in [-0.15, -0.1) is 0 Å². The lowest BCUT2D eigenvalue weighted by Gasteiger charge is -2.14. The van der Waals surface area contributed by atoms with E-state index in [9.17, 15) is 4.79 Å². The summed E-state index contributed by atoms with van der Waals surface area (Å²) in [6, 6.07) is 14.7. The maximum atomic E-state index is 11.4. The summed E-state index contributed by atoms with van der Waals surface area (Å²) in [6.45, 7) is 5.02. The van der Waals surface area contributed by atoms with E-state index in [1.165, 1.54) is 16.3 Å². The van der Waals surface area contributed by atoms with Crippen molar-refractivity contribution in [1.29, 1.82) is 0 Å². The molecule has 0 heterocycles. The Hall–Kier alpha value is -1.87. The number of fused-ring (bicyclic) bond motifs is 1. The SMILES string of the molecule is CCOC(=O)CC(C)NCc1cccc2ccccc12. The lowest BCUT2D eigenvalue weighted by Crippen LogP contribution is -2.28. The van der Waals surface area contributed by atoms with Crippen molar-refractivity contribution in [3.63, 3.8) is 0 Å². The van der Waals surface area contributed by atoms with Crippen LogP contribution < -0.4 is 5.32 Å². The van der Waals surface area contributed by atoms with Gasteiger partial charge in [0.2, 0.25) is 0 Å². The standard InChI is InChI=1S/C17H21NO2/c1-3-20-17(19)11-13(2)18-12-15-9-6-8-14-7-4-5-10-16(14)15/h4-10,13,18H,3,11-12H2,1-2H3. The van der Waals surface area contributed by atoms with Gasteiger partial charge in [-0.25, -0.2) is 0 Å². The van der Waals surface area contributed by atoms with Gasteiger partial charge in [-0.3, -0.25) is 4.79 Å². The first-order chi connectivity index (χ1) is 9.70. The molecule has 0 radical (unpaired) electrons. The zero-order valence-corrected chi connectivity index (χ0v) is 12.1. The Kier molecular flexibility index (Phi) is 5.13. The van der Waals surface area contributed by atoms with Crippen molar-refractivity contribution >= 4 is 16.7 Å². The molecule has 0 aliphatic heterocycles. The maximum Gasteiger partial charge on any atom is 0.307 e. The Morgan fingerprint density at radius 1 is 1.20 bits per heavy atom. The van der Waals surface area contributed by atoms with Gasteiger partial charge >= 0.3 is 5.97 Å². The molecule has 2 aromatic carbocycles. The lowest BCUT2D eigenvalue weighted by atomic mass is 10.0. The lowest BCUT2D eigenvalue weighted by molar-refractivity contribution is -0.143. The fraction of sp³-hybridized carbons (Fsp3) is 0.353. The third kappa shape index (κ3) is 3.81. The zero-order valence-electron chi connectivity index (χ0n) is 12.1. The van der Waals surface area contributed by atoms with Crippen molar-refractivity contribution in [2.45, 2.75) is 32.9 Å². The molecule has 1 unspecified atom stereocenters. The van der Waals surface area contributed by atoms with Crippen LogP contribution in [0.5, 0.6) is 0 Å². The molecule has 0 saturated heterocycles. The third-order valence-corrected chi connectivity index (χ3v) is 3.30. The molecule has 0 fully saturated rings. The summed E-state index contributed by atoms with van der Waals surface area (Å²) < 4.78 is 4.96. The molecule has 2 rings (SSSR count). The van der Waals surface area contributed by atoms with Gasteiger partial charge in [0, 0.05) is 12.6 Å². The van der Waals surface area contributed by atoms with Crippen molar-refractivity contribution in [3.05, 3.63) is 48.0 Å². The number of hydrogen-bond donors (Lipinski definition) is 1. The van der Waals surface area contributed by atoms with Crippen LogP contribution in [0.15, 0.2) is 42.5 Å². The van der Waals surface area contributed by atoms with Crippen LogP contribution in [-0.2, 0) is 16.1 Å². The average Bonchev–Trinajstić information content (AvgIpc) is 2.45. The summed E-state index contributed by atoms with van der Waals surface area (Å²) in [5.41, 5.74) is 1.25. The smallest absolute Gasteiger partial charge is 0.307 e. The van der Waals surface area contributed by atoms with E-state index < -0.39 is 0 Å². The fourth-order valence-corrected chi connectivity index (χ4v) is 2.27. The van der Waals surface area contributed by atoms with Crippen LogP contribution in [0.1, 0.15) is 25.8 Å². The Balaban J connectivity index is 1.97. The van der Waals surface area contributed by atoms with E-state index in [0.717, 1.165) is 6.54 Å². The van der Waals surface area contributed by atoms with Gasteiger partial charge in [-0.05, 0) is 30.2 Å². The number of nitrogens with one attached hydrogen (secondary N) is 1. The number of carbonyl (C=O) groups excluding carboxylic acids is 1. The molecule has 0 aromatic heterocycles. The van der Waals surface area contributed by atoms with Crippen LogP contribution >= 0.6 is 0 Å². The Morgan fingerprint density at radius 3 is 2.75 bits per heavy atom. The molecule has 106 valence electrons. The number of ether oxygens (including phenoxy) is 1. The normalized spacial score (nSPS) is 12.3. The fourth-order valence-electron chi connectivity index (χ4n) is 2.27. The zero-order chi connectivity index (χ0) is 14.4. The summed E-state index contributed by atoms with van der Waals surface area (Å²) in [6.07, 6.45) is 0.401. The number of rotatable bonds is 6. The molecule has 0 saturated carbocycles. The summed E-state index contributed by atoms with van der Waals surface area (Å²) in [4.78, 5) is 11.4. The van der Waals surface area contributed by atoms with E-state index in [-0.39, 0.29) is 12.0 Å².